The Morgan fingerprint density at radius 1 is 1.07 bits per heavy atom. The molecule has 0 aliphatic rings. The van der Waals surface area contributed by atoms with Gasteiger partial charge in [-0.2, -0.15) is 18.3 Å². The summed E-state index contributed by atoms with van der Waals surface area (Å²) < 4.78 is 74.1. The number of hydrogen-bond acceptors (Lipinski definition) is 8. The van der Waals surface area contributed by atoms with E-state index >= 15 is 0 Å². The number of aromatic nitrogens is 3. The number of sulfone groups is 1. The van der Waals surface area contributed by atoms with Gasteiger partial charge in [-0.05, 0) is 43.7 Å². The van der Waals surface area contributed by atoms with Crippen LogP contribution in [0.15, 0.2) is 41.4 Å². The molecule has 0 saturated heterocycles. The van der Waals surface area contributed by atoms with Gasteiger partial charge in [-0.1, -0.05) is 29.3 Å². The summed E-state index contributed by atoms with van der Waals surface area (Å²) in [6.07, 6.45) is -2.29. The summed E-state index contributed by atoms with van der Waals surface area (Å²) in [4.78, 5) is 31.0. The highest BCUT2D eigenvalue weighted by molar-refractivity contribution is 7.90. The lowest BCUT2D eigenvalue weighted by molar-refractivity contribution is -0.176. The number of carbonyl (C=O) groups is 2. The summed E-state index contributed by atoms with van der Waals surface area (Å²) in [6, 6.07) is 7.15. The number of benzene rings is 2. The molecule has 9 nitrogen and oxygen atoms in total. The number of esters is 1. The molecule has 222 valence electrons. The Kier molecular flexibility index (Phi) is 8.70. The molecule has 0 saturated carbocycles. The first-order valence-corrected chi connectivity index (χ1v) is 14.7. The number of pyridine rings is 1. The summed E-state index contributed by atoms with van der Waals surface area (Å²) >= 11 is 12.7. The van der Waals surface area contributed by atoms with E-state index in [9.17, 15) is 31.2 Å². The standard InChI is InChI=1S/C27H22Cl2F3N3O6S/c1-13-9-15-5-7-18(28)21(23(15)33-10-13)26(37)41-25-20(14(2)34-35(25)3)24(36)16-6-8-19(42(4,38)39)17(22(16)29)11-40-12-27(30,31)32/h5-10H,11-12H2,1-4H3. The quantitative estimate of drug-likeness (QED) is 0.174. The van der Waals surface area contributed by atoms with Gasteiger partial charge >= 0.3 is 12.1 Å². The summed E-state index contributed by atoms with van der Waals surface area (Å²) in [5.41, 5.74) is 0.394. The van der Waals surface area contributed by atoms with Crippen molar-refractivity contribution in [1.29, 1.82) is 0 Å². The normalized spacial score (nSPS) is 12.1. The highest BCUT2D eigenvalue weighted by Crippen LogP contribution is 2.34. The van der Waals surface area contributed by atoms with E-state index in [1.54, 1.807) is 18.3 Å². The van der Waals surface area contributed by atoms with Crippen LogP contribution in [0.25, 0.3) is 10.9 Å². The molecular formula is C27H22Cl2F3N3O6S. The fourth-order valence-corrected chi connectivity index (χ4v) is 5.81. The van der Waals surface area contributed by atoms with Gasteiger partial charge in [0, 0.05) is 36.0 Å². The van der Waals surface area contributed by atoms with Gasteiger partial charge < -0.3 is 9.47 Å². The second-order valence-electron chi connectivity index (χ2n) is 9.40. The van der Waals surface area contributed by atoms with E-state index in [0.29, 0.717) is 5.39 Å². The molecule has 0 radical (unpaired) electrons. The number of rotatable bonds is 8. The minimum Gasteiger partial charge on any atom is -0.403 e. The Bertz CT molecular complexity index is 1860. The fraction of sp³-hybridized carbons (Fsp3) is 0.259. The number of aryl methyl sites for hydroxylation is 3. The zero-order valence-electron chi connectivity index (χ0n) is 22.5. The maximum atomic E-state index is 13.8. The topological polar surface area (TPSA) is 117 Å². The van der Waals surface area contributed by atoms with Crippen molar-refractivity contribution in [3.05, 3.63) is 80.1 Å². The number of nitrogens with zero attached hydrogens (tertiary/aromatic N) is 3. The predicted molar refractivity (Wildman–Crippen MR) is 148 cm³/mol. The van der Waals surface area contributed by atoms with Gasteiger partial charge in [0.2, 0.25) is 11.7 Å². The monoisotopic (exact) mass is 643 g/mol. The molecular weight excluding hydrogens is 622 g/mol. The third-order valence-corrected chi connectivity index (χ3v) is 8.01. The molecule has 0 spiro atoms. The van der Waals surface area contributed by atoms with Crippen LogP contribution in [0, 0.1) is 13.8 Å². The maximum absolute atomic E-state index is 13.8. The SMILES string of the molecule is Cc1cnc2c(C(=O)Oc3c(C(=O)c4ccc(S(C)(=O)=O)c(COCC(F)(F)F)c4Cl)c(C)nn3C)c(Cl)ccc2c1. The number of fused-ring (bicyclic) bond motifs is 1. The van der Waals surface area contributed by atoms with Gasteiger partial charge in [0.05, 0.1) is 32.8 Å². The average molecular weight is 644 g/mol. The molecule has 0 aliphatic heterocycles. The zero-order valence-corrected chi connectivity index (χ0v) is 24.8. The van der Waals surface area contributed by atoms with Crippen LogP contribution in [0.3, 0.4) is 0 Å². The van der Waals surface area contributed by atoms with Gasteiger partial charge in [0.25, 0.3) is 0 Å². The van der Waals surface area contributed by atoms with Crippen molar-refractivity contribution < 1.29 is 40.7 Å². The van der Waals surface area contributed by atoms with E-state index in [-0.39, 0.29) is 44.4 Å². The molecule has 42 heavy (non-hydrogen) atoms. The second kappa shape index (κ2) is 11.6. The number of carbonyl (C=O) groups excluding carboxylic acids is 2. The van der Waals surface area contributed by atoms with E-state index in [4.69, 9.17) is 27.9 Å². The third-order valence-electron chi connectivity index (χ3n) is 6.09. The van der Waals surface area contributed by atoms with Gasteiger partial charge in [-0.3, -0.25) is 9.78 Å². The molecule has 0 bridgehead atoms. The van der Waals surface area contributed by atoms with Gasteiger partial charge in [0.1, 0.15) is 17.7 Å². The minimum atomic E-state index is -4.68. The molecule has 2 aromatic carbocycles. The molecule has 4 aromatic rings. The van der Waals surface area contributed by atoms with Gasteiger partial charge in [-0.15, -0.1) is 0 Å². The molecule has 2 heterocycles. The molecule has 15 heteroatoms. The molecule has 0 N–H and O–H groups in total. The Labute approximate surface area is 248 Å². The summed E-state index contributed by atoms with van der Waals surface area (Å²) in [7, 11) is -2.55. The first-order valence-electron chi connectivity index (χ1n) is 12.0. The van der Waals surface area contributed by atoms with Crippen molar-refractivity contribution in [1.82, 2.24) is 14.8 Å². The highest BCUT2D eigenvalue weighted by Gasteiger charge is 2.31. The van der Waals surface area contributed by atoms with Crippen LogP contribution in [-0.4, -0.2) is 54.0 Å². The van der Waals surface area contributed by atoms with E-state index in [1.165, 1.54) is 20.0 Å². The first kappa shape index (κ1) is 31.4. The molecule has 0 unspecified atom stereocenters. The van der Waals surface area contributed by atoms with Crippen molar-refractivity contribution in [2.75, 3.05) is 12.9 Å². The maximum Gasteiger partial charge on any atom is 0.411 e. The first-order chi connectivity index (χ1) is 19.5. The van der Waals surface area contributed by atoms with E-state index in [1.807, 2.05) is 6.92 Å². The third kappa shape index (κ3) is 6.43. The van der Waals surface area contributed by atoms with Crippen molar-refractivity contribution in [3.63, 3.8) is 0 Å². The Balaban J connectivity index is 1.77. The van der Waals surface area contributed by atoms with E-state index in [2.05, 4.69) is 14.8 Å². The number of hydrogen-bond donors (Lipinski definition) is 0. The average Bonchev–Trinajstić information content (AvgIpc) is 3.15. The van der Waals surface area contributed by atoms with Crippen molar-refractivity contribution in [3.8, 4) is 5.88 Å². The van der Waals surface area contributed by atoms with Crippen LogP contribution in [0.2, 0.25) is 10.0 Å². The minimum absolute atomic E-state index is 0.0499. The lowest BCUT2D eigenvalue weighted by Crippen LogP contribution is -2.18. The zero-order chi connectivity index (χ0) is 31.1. The molecule has 0 atom stereocenters. The lowest BCUT2D eigenvalue weighted by Gasteiger charge is -2.15. The Morgan fingerprint density at radius 2 is 1.76 bits per heavy atom. The summed E-state index contributed by atoms with van der Waals surface area (Å²) in [5, 5.41) is 4.41. The molecule has 2 aromatic heterocycles. The second-order valence-corrected chi connectivity index (χ2v) is 12.2. The Morgan fingerprint density at radius 3 is 2.40 bits per heavy atom. The van der Waals surface area contributed by atoms with E-state index < -0.39 is 50.9 Å². The van der Waals surface area contributed by atoms with Crippen LogP contribution in [-0.2, 0) is 28.2 Å². The van der Waals surface area contributed by atoms with Crippen LogP contribution in [0.5, 0.6) is 5.88 Å². The van der Waals surface area contributed by atoms with Crippen LogP contribution in [0.1, 0.15) is 43.1 Å². The number of ether oxygens (including phenoxy) is 2. The van der Waals surface area contributed by atoms with Crippen molar-refractivity contribution in [2.24, 2.45) is 7.05 Å². The molecule has 0 aliphatic carbocycles. The Hall–Kier alpha value is -3.52. The smallest absolute Gasteiger partial charge is 0.403 e. The van der Waals surface area contributed by atoms with E-state index in [0.717, 1.165) is 28.6 Å². The van der Waals surface area contributed by atoms with Crippen LogP contribution >= 0.6 is 23.2 Å². The summed E-state index contributed by atoms with van der Waals surface area (Å²) in [6.45, 7) is 0.780. The van der Waals surface area contributed by atoms with Crippen LogP contribution in [0.4, 0.5) is 13.2 Å². The highest BCUT2D eigenvalue weighted by atomic mass is 35.5. The lowest BCUT2D eigenvalue weighted by atomic mass is 10.0. The predicted octanol–water partition coefficient (Wildman–Crippen LogP) is 5.82. The number of alkyl halides is 3. The molecule has 4 rings (SSSR count). The molecule has 0 fully saturated rings. The fourth-order valence-electron chi connectivity index (χ4n) is 4.30. The largest absolute Gasteiger partial charge is 0.411 e. The number of halogens is 5. The summed E-state index contributed by atoms with van der Waals surface area (Å²) in [5.74, 6) is -2.04. The number of ketones is 1. The van der Waals surface area contributed by atoms with Crippen LogP contribution < -0.4 is 4.74 Å². The van der Waals surface area contributed by atoms with Gasteiger partial charge in [0.15, 0.2) is 9.84 Å². The van der Waals surface area contributed by atoms with Crippen molar-refractivity contribution >= 4 is 55.7 Å². The van der Waals surface area contributed by atoms with Gasteiger partial charge in [-0.25, -0.2) is 17.9 Å². The molecule has 0 amide bonds. The van der Waals surface area contributed by atoms with Crippen molar-refractivity contribution in [2.45, 2.75) is 31.5 Å².